The molecule has 0 bridgehead atoms. The number of allylic oxidation sites excluding steroid dienone is 1. The van der Waals surface area contributed by atoms with Gasteiger partial charge < -0.3 is 14.4 Å². The van der Waals surface area contributed by atoms with Crippen molar-refractivity contribution in [2.45, 2.75) is 11.4 Å². The van der Waals surface area contributed by atoms with Crippen LogP contribution < -0.4 is 9.47 Å². The zero-order valence-corrected chi connectivity index (χ0v) is 16.6. The lowest BCUT2D eigenvalue weighted by molar-refractivity contribution is 0.161. The quantitative estimate of drug-likeness (QED) is 0.699. The van der Waals surface area contributed by atoms with Crippen LogP contribution in [-0.2, 0) is 16.4 Å². The maximum atomic E-state index is 12.7. The number of hydrogen-bond acceptors (Lipinski definition) is 7. The summed E-state index contributed by atoms with van der Waals surface area (Å²) < 4.78 is 36.1. The third kappa shape index (κ3) is 4.21. The Balaban J connectivity index is 1.39. The molecule has 29 heavy (non-hydrogen) atoms. The average Bonchev–Trinajstić information content (AvgIpc) is 3.21. The van der Waals surface area contributed by atoms with Gasteiger partial charge in [-0.15, -0.1) is 0 Å². The summed E-state index contributed by atoms with van der Waals surface area (Å²) >= 11 is 0. The van der Waals surface area contributed by atoms with Gasteiger partial charge in [0.25, 0.3) is 0 Å². The van der Waals surface area contributed by atoms with Crippen LogP contribution in [-0.4, -0.2) is 51.2 Å². The average molecular weight is 411 g/mol. The van der Waals surface area contributed by atoms with E-state index in [1.165, 1.54) is 18.3 Å². The molecule has 150 valence electrons. The third-order valence-corrected chi connectivity index (χ3v) is 6.67. The van der Waals surface area contributed by atoms with Gasteiger partial charge in [-0.3, -0.25) is 4.90 Å². The first-order valence-electron chi connectivity index (χ1n) is 9.33. The molecule has 0 radical (unpaired) electrons. The minimum Gasteiger partial charge on any atom is -0.454 e. The summed E-state index contributed by atoms with van der Waals surface area (Å²) in [6.45, 7) is 3.89. The van der Waals surface area contributed by atoms with Gasteiger partial charge in [-0.1, -0.05) is 24.3 Å². The molecule has 0 atom stereocenters. The molecule has 2 aliphatic rings. The Labute approximate surface area is 170 Å². The summed E-state index contributed by atoms with van der Waals surface area (Å²) in [5.41, 5.74) is 1.14. The Hall–Kier alpha value is -3.02. The van der Waals surface area contributed by atoms with E-state index in [9.17, 15) is 13.7 Å². The van der Waals surface area contributed by atoms with E-state index in [0.29, 0.717) is 13.1 Å². The molecule has 2 aromatic carbocycles. The fourth-order valence-electron chi connectivity index (χ4n) is 3.40. The van der Waals surface area contributed by atoms with Crippen LogP contribution in [0.4, 0.5) is 0 Å². The molecule has 4 rings (SSSR count). The van der Waals surface area contributed by atoms with E-state index in [1.807, 2.05) is 29.2 Å². The summed E-state index contributed by atoms with van der Waals surface area (Å²) in [7, 11) is -3.80. The number of rotatable bonds is 5. The van der Waals surface area contributed by atoms with Crippen molar-refractivity contribution in [3.8, 4) is 17.6 Å². The van der Waals surface area contributed by atoms with Gasteiger partial charge >= 0.3 is 0 Å². The summed E-state index contributed by atoms with van der Waals surface area (Å²) in [5.74, 6) is 1.54. The van der Waals surface area contributed by atoms with Crippen molar-refractivity contribution in [3.05, 3.63) is 65.2 Å². The Bertz CT molecular complexity index is 1050. The molecule has 0 spiro atoms. The monoisotopic (exact) mass is 411 g/mol. The summed E-state index contributed by atoms with van der Waals surface area (Å²) in [5, 5.41) is 9.42. The lowest BCUT2D eigenvalue weighted by Crippen LogP contribution is -2.43. The number of piperazine rings is 1. The molecule has 0 unspecified atom stereocenters. The topological polar surface area (TPSA) is 82.9 Å². The van der Waals surface area contributed by atoms with Gasteiger partial charge in [-0.05, 0) is 29.8 Å². The van der Waals surface area contributed by atoms with Gasteiger partial charge in [0.15, 0.2) is 16.4 Å². The predicted molar refractivity (Wildman–Crippen MR) is 107 cm³/mol. The van der Waals surface area contributed by atoms with Crippen molar-refractivity contribution in [1.29, 1.82) is 5.26 Å². The van der Waals surface area contributed by atoms with Crippen molar-refractivity contribution in [2.75, 3.05) is 33.0 Å². The number of hydrogen-bond donors (Lipinski definition) is 0. The highest BCUT2D eigenvalue weighted by Gasteiger charge is 2.23. The van der Waals surface area contributed by atoms with E-state index in [1.54, 1.807) is 18.2 Å². The zero-order valence-electron chi connectivity index (χ0n) is 15.8. The number of ether oxygens (including phenoxy) is 2. The van der Waals surface area contributed by atoms with Gasteiger partial charge in [0.05, 0.1) is 4.90 Å². The second-order valence-electron chi connectivity index (χ2n) is 6.92. The summed E-state index contributed by atoms with van der Waals surface area (Å²) in [6, 6.07) is 15.8. The minimum atomic E-state index is -3.80. The molecule has 7 nitrogen and oxygen atoms in total. The molecule has 2 aromatic rings. The van der Waals surface area contributed by atoms with Crippen LogP contribution in [0.2, 0.25) is 0 Å². The molecule has 0 aromatic heterocycles. The molecule has 1 fully saturated rings. The van der Waals surface area contributed by atoms with Gasteiger partial charge in [-0.2, -0.15) is 5.26 Å². The number of nitrogens with zero attached hydrogens (tertiary/aromatic N) is 3. The second kappa shape index (κ2) is 8.15. The number of sulfone groups is 1. The van der Waals surface area contributed by atoms with E-state index in [-0.39, 0.29) is 16.6 Å². The standard InChI is InChI=1S/C21H21N3O4S/c22-13-19(29(25,26)18-4-2-1-3-5-18)15-24-10-8-23(9-11-24)14-17-6-7-20-21(12-17)28-16-27-20/h1-7,12,15H,8-11,14,16H2. The van der Waals surface area contributed by atoms with Gasteiger partial charge in [0.1, 0.15) is 6.07 Å². The van der Waals surface area contributed by atoms with Gasteiger partial charge in [0, 0.05) is 38.9 Å². The first-order chi connectivity index (χ1) is 14.1. The van der Waals surface area contributed by atoms with E-state index in [0.717, 1.165) is 36.7 Å². The zero-order chi connectivity index (χ0) is 20.3. The second-order valence-corrected chi connectivity index (χ2v) is 8.84. The van der Waals surface area contributed by atoms with Crippen molar-refractivity contribution < 1.29 is 17.9 Å². The highest BCUT2D eigenvalue weighted by Crippen LogP contribution is 2.32. The molecule has 2 heterocycles. The van der Waals surface area contributed by atoms with Crippen molar-refractivity contribution >= 4 is 9.84 Å². The molecule has 2 aliphatic heterocycles. The summed E-state index contributed by atoms with van der Waals surface area (Å²) in [6.07, 6.45) is 1.47. The van der Waals surface area contributed by atoms with Crippen LogP contribution in [0.3, 0.4) is 0 Å². The fraction of sp³-hybridized carbons (Fsp3) is 0.286. The summed E-state index contributed by atoms with van der Waals surface area (Å²) in [4.78, 5) is 4.09. The van der Waals surface area contributed by atoms with Crippen molar-refractivity contribution in [3.63, 3.8) is 0 Å². The Morgan fingerprint density at radius 2 is 1.76 bits per heavy atom. The Morgan fingerprint density at radius 1 is 1.03 bits per heavy atom. The van der Waals surface area contributed by atoms with Crippen LogP contribution in [0, 0.1) is 11.3 Å². The first-order valence-corrected chi connectivity index (χ1v) is 10.8. The van der Waals surface area contributed by atoms with Gasteiger partial charge in [0.2, 0.25) is 16.6 Å². The SMILES string of the molecule is N#CC(=CN1CCN(Cc2ccc3c(c2)OCO3)CC1)S(=O)(=O)c1ccccc1. The normalized spacial score (nSPS) is 17.2. The highest BCUT2D eigenvalue weighted by atomic mass is 32.2. The lowest BCUT2D eigenvalue weighted by Gasteiger charge is -2.34. The van der Waals surface area contributed by atoms with Gasteiger partial charge in [-0.25, -0.2) is 8.42 Å². The first kappa shape index (κ1) is 19.3. The van der Waals surface area contributed by atoms with Crippen LogP contribution >= 0.6 is 0 Å². The molecule has 8 heteroatoms. The van der Waals surface area contributed by atoms with Crippen molar-refractivity contribution in [2.24, 2.45) is 0 Å². The molecule has 0 saturated carbocycles. The number of benzene rings is 2. The Morgan fingerprint density at radius 3 is 2.48 bits per heavy atom. The molecule has 1 saturated heterocycles. The number of nitriles is 1. The minimum absolute atomic E-state index is 0.134. The van der Waals surface area contributed by atoms with Crippen LogP contribution in [0.15, 0.2) is 64.5 Å². The van der Waals surface area contributed by atoms with E-state index in [4.69, 9.17) is 9.47 Å². The molecular formula is C21H21N3O4S. The number of fused-ring (bicyclic) bond motifs is 1. The molecular weight excluding hydrogens is 390 g/mol. The third-order valence-electron chi connectivity index (χ3n) is 5.00. The Kier molecular flexibility index (Phi) is 5.43. The van der Waals surface area contributed by atoms with Crippen molar-refractivity contribution in [1.82, 2.24) is 9.80 Å². The van der Waals surface area contributed by atoms with Crippen LogP contribution in [0.5, 0.6) is 11.5 Å². The predicted octanol–water partition coefficient (Wildman–Crippen LogP) is 2.37. The maximum absolute atomic E-state index is 12.7. The molecule has 0 aliphatic carbocycles. The van der Waals surface area contributed by atoms with E-state index >= 15 is 0 Å². The molecule has 0 amide bonds. The lowest BCUT2D eigenvalue weighted by atomic mass is 10.1. The maximum Gasteiger partial charge on any atom is 0.231 e. The van der Waals surface area contributed by atoms with E-state index in [2.05, 4.69) is 4.90 Å². The van der Waals surface area contributed by atoms with E-state index < -0.39 is 9.84 Å². The smallest absolute Gasteiger partial charge is 0.231 e. The molecule has 0 N–H and O–H groups in total. The van der Waals surface area contributed by atoms with Crippen LogP contribution in [0.25, 0.3) is 0 Å². The van der Waals surface area contributed by atoms with Crippen LogP contribution in [0.1, 0.15) is 5.56 Å². The highest BCUT2D eigenvalue weighted by molar-refractivity contribution is 7.95. The largest absolute Gasteiger partial charge is 0.454 e. The fourth-order valence-corrected chi connectivity index (χ4v) is 4.58.